The van der Waals surface area contributed by atoms with Crippen LogP contribution >= 0.6 is 15.9 Å². The van der Waals surface area contributed by atoms with Crippen molar-refractivity contribution >= 4 is 21.7 Å². The van der Waals surface area contributed by atoms with Gasteiger partial charge < -0.3 is 4.57 Å². The second-order valence-electron chi connectivity index (χ2n) is 5.42. The summed E-state index contributed by atoms with van der Waals surface area (Å²) in [5, 5.41) is 12.3. The summed E-state index contributed by atoms with van der Waals surface area (Å²) in [5.41, 5.74) is 3.56. The van der Waals surface area contributed by atoms with Crippen molar-refractivity contribution in [2.24, 2.45) is 7.05 Å². The molecule has 0 saturated carbocycles. The molecule has 0 N–H and O–H groups in total. The topological polar surface area (TPSA) is 65.6 Å². The molecule has 0 aliphatic heterocycles. The molecule has 6 nitrogen and oxygen atoms in total. The third kappa shape index (κ3) is 3.10. The highest BCUT2D eigenvalue weighted by Crippen LogP contribution is 2.18. The molecule has 0 aliphatic rings. The minimum Gasteiger partial charge on any atom is -0.351 e. The average molecular weight is 374 g/mol. The third-order valence-corrected chi connectivity index (χ3v) is 4.44. The van der Waals surface area contributed by atoms with E-state index >= 15 is 0 Å². The molecular weight excluding hydrogens is 358 g/mol. The van der Waals surface area contributed by atoms with E-state index < -0.39 is 0 Å². The predicted octanol–water partition coefficient (Wildman–Crippen LogP) is 2.94. The maximum Gasteiger partial charge on any atom is 0.204 e. The number of rotatable bonds is 4. The molecule has 0 radical (unpaired) electrons. The fourth-order valence-electron chi connectivity index (χ4n) is 2.38. The van der Waals surface area contributed by atoms with Gasteiger partial charge >= 0.3 is 0 Å². The SMILES string of the molecule is Cc1cc(C(=O)Cn2nnc(-c3ccc(Br)cc3)n2)c(C)n1C. The minimum absolute atomic E-state index is 0.0223. The average Bonchev–Trinajstić information content (AvgIpc) is 3.08. The third-order valence-electron chi connectivity index (χ3n) is 3.92. The van der Waals surface area contributed by atoms with E-state index in [1.54, 1.807) is 0 Å². The first-order valence-electron chi connectivity index (χ1n) is 7.15. The van der Waals surface area contributed by atoms with Crippen LogP contribution < -0.4 is 0 Å². The largest absolute Gasteiger partial charge is 0.351 e. The Hall–Kier alpha value is -2.28. The Balaban J connectivity index is 1.80. The number of carbonyl (C=O) groups is 1. The fraction of sp³-hybridized carbons (Fsp3) is 0.250. The molecule has 0 aliphatic carbocycles. The molecule has 3 aromatic rings. The van der Waals surface area contributed by atoms with Crippen LogP contribution in [0.25, 0.3) is 11.4 Å². The Morgan fingerprint density at radius 1 is 1.22 bits per heavy atom. The zero-order valence-corrected chi connectivity index (χ0v) is 14.7. The standard InChI is InChI=1S/C16H16BrN5O/c1-10-8-14(11(2)21(10)3)15(23)9-22-19-16(18-20-22)12-4-6-13(17)7-5-12/h4-8H,9H2,1-3H3. The summed E-state index contributed by atoms with van der Waals surface area (Å²) in [5.74, 6) is 0.484. The van der Waals surface area contributed by atoms with Crippen molar-refractivity contribution in [3.05, 3.63) is 51.8 Å². The molecule has 3 rings (SSSR count). The van der Waals surface area contributed by atoms with E-state index in [1.807, 2.05) is 55.8 Å². The van der Waals surface area contributed by atoms with Gasteiger partial charge in [0.05, 0.1) is 0 Å². The zero-order valence-electron chi connectivity index (χ0n) is 13.1. The molecule has 2 aromatic heterocycles. The summed E-state index contributed by atoms with van der Waals surface area (Å²) >= 11 is 3.39. The van der Waals surface area contributed by atoms with Crippen molar-refractivity contribution in [1.82, 2.24) is 24.8 Å². The van der Waals surface area contributed by atoms with Crippen LogP contribution in [0.3, 0.4) is 0 Å². The van der Waals surface area contributed by atoms with E-state index in [-0.39, 0.29) is 12.3 Å². The van der Waals surface area contributed by atoms with Gasteiger partial charge in [0, 0.05) is 34.0 Å². The maximum absolute atomic E-state index is 12.4. The number of tetrazole rings is 1. The van der Waals surface area contributed by atoms with Crippen molar-refractivity contribution < 1.29 is 4.79 Å². The lowest BCUT2D eigenvalue weighted by atomic mass is 10.1. The number of carbonyl (C=O) groups excluding carboxylic acids is 1. The van der Waals surface area contributed by atoms with Gasteiger partial charge in [-0.05, 0) is 49.4 Å². The highest BCUT2D eigenvalue weighted by atomic mass is 79.9. The van der Waals surface area contributed by atoms with E-state index in [0.29, 0.717) is 11.4 Å². The van der Waals surface area contributed by atoms with Crippen LogP contribution in [-0.2, 0) is 13.6 Å². The van der Waals surface area contributed by atoms with Crippen molar-refractivity contribution in [1.29, 1.82) is 0 Å². The van der Waals surface area contributed by atoms with Gasteiger partial charge in [-0.2, -0.15) is 4.80 Å². The van der Waals surface area contributed by atoms with E-state index in [1.165, 1.54) is 4.80 Å². The zero-order chi connectivity index (χ0) is 16.6. The van der Waals surface area contributed by atoms with Crippen LogP contribution in [0.15, 0.2) is 34.8 Å². The molecular formula is C16H16BrN5O. The van der Waals surface area contributed by atoms with Crippen LogP contribution in [0.5, 0.6) is 0 Å². The second kappa shape index (κ2) is 6.08. The monoisotopic (exact) mass is 373 g/mol. The van der Waals surface area contributed by atoms with Gasteiger partial charge in [0.2, 0.25) is 5.82 Å². The van der Waals surface area contributed by atoms with Gasteiger partial charge in [0.15, 0.2) is 5.78 Å². The van der Waals surface area contributed by atoms with Gasteiger partial charge in [-0.3, -0.25) is 4.79 Å². The Bertz CT molecular complexity index is 863. The van der Waals surface area contributed by atoms with Gasteiger partial charge in [0.25, 0.3) is 0 Å². The lowest BCUT2D eigenvalue weighted by Crippen LogP contribution is -2.14. The molecule has 7 heteroatoms. The first kappa shape index (κ1) is 15.6. The van der Waals surface area contributed by atoms with Crippen LogP contribution in [-0.4, -0.2) is 30.6 Å². The van der Waals surface area contributed by atoms with Crippen molar-refractivity contribution in [2.45, 2.75) is 20.4 Å². The number of aromatic nitrogens is 5. The summed E-state index contributed by atoms with van der Waals surface area (Å²) in [6.45, 7) is 3.99. The molecule has 1 aromatic carbocycles. The van der Waals surface area contributed by atoms with Gasteiger partial charge in [-0.15, -0.1) is 10.2 Å². The summed E-state index contributed by atoms with van der Waals surface area (Å²) in [4.78, 5) is 13.8. The first-order chi connectivity index (χ1) is 11.0. The highest BCUT2D eigenvalue weighted by molar-refractivity contribution is 9.10. The maximum atomic E-state index is 12.4. The minimum atomic E-state index is -0.0223. The molecule has 118 valence electrons. The summed E-state index contributed by atoms with van der Waals surface area (Å²) in [6.07, 6.45) is 0. The van der Waals surface area contributed by atoms with Crippen molar-refractivity contribution in [2.75, 3.05) is 0 Å². The van der Waals surface area contributed by atoms with Crippen molar-refractivity contribution in [3.8, 4) is 11.4 Å². The molecule has 0 amide bonds. The number of aryl methyl sites for hydroxylation is 1. The number of halogens is 1. The van der Waals surface area contributed by atoms with Crippen LogP contribution in [0, 0.1) is 13.8 Å². The van der Waals surface area contributed by atoms with Crippen LogP contribution in [0.1, 0.15) is 21.7 Å². The number of hydrogen-bond donors (Lipinski definition) is 0. The quantitative estimate of drug-likeness (QED) is 0.659. The number of benzene rings is 1. The first-order valence-corrected chi connectivity index (χ1v) is 7.95. The lowest BCUT2D eigenvalue weighted by molar-refractivity contribution is 0.0960. The Kier molecular flexibility index (Phi) is 4.12. The van der Waals surface area contributed by atoms with Crippen LogP contribution in [0.4, 0.5) is 0 Å². The van der Waals surface area contributed by atoms with E-state index in [0.717, 1.165) is 21.4 Å². The molecule has 0 atom stereocenters. The van der Waals surface area contributed by atoms with Gasteiger partial charge in [0.1, 0.15) is 6.54 Å². The van der Waals surface area contributed by atoms with E-state index in [9.17, 15) is 4.79 Å². The molecule has 0 spiro atoms. The Labute approximate surface area is 142 Å². The molecule has 23 heavy (non-hydrogen) atoms. The Morgan fingerprint density at radius 3 is 2.52 bits per heavy atom. The number of nitrogens with zero attached hydrogens (tertiary/aromatic N) is 5. The summed E-state index contributed by atoms with van der Waals surface area (Å²) in [7, 11) is 1.95. The molecule has 0 saturated heterocycles. The number of Topliss-reactive ketones (excluding diaryl/α,β-unsaturated/α-hetero) is 1. The smallest absolute Gasteiger partial charge is 0.204 e. The molecule has 0 unspecified atom stereocenters. The number of ketones is 1. The van der Waals surface area contributed by atoms with E-state index in [2.05, 4.69) is 31.3 Å². The van der Waals surface area contributed by atoms with E-state index in [4.69, 9.17) is 0 Å². The predicted molar refractivity (Wildman–Crippen MR) is 90.2 cm³/mol. The lowest BCUT2D eigenvalue weighted by Gasteiger charge is -2.01. The second-order valence-corrected chi connectivity index (χ2v) is 6.33. The van der Waals surface area contributed by atoms with Crippen molar-refractivity contribution in [3.63, 3.8) is 0 Å². The summed E-state index contributed by atoms with van der Waals surface area (Å²) < 4.78 is 2.98. The molecule has 0 bridgehead atoms. The normalized spacial score (nSPS) is 11.0. The number of hydrogen-bond acceptors (Lipinski definition) is 4. The fourth-order valence-corrected chi connectivity index (χ4v) is 2.64. The highest BCUT2D eigenvalue weighted by Gasteiger charge is 2.16. The van der Waals surface area contributed by atoms with Crippen LogP contribution in [0.2, 0.25) is 0 Å². The van der Waals surface area contributed by atoms with Gasteiger partial charge in [-0.1, -0.05) is 15.9 Å². The summed E-state index contributed by atoms with van der Waals surface area (Å²) in [6, 6.07) is 9.52. The molecule has 2 heterocycles. The molecule has 0 fully saturated rings. The van der Waals surface area contributed by atoms with Gasteiger partial charge in [-0.25, -0.2) is 0 Å². The Morgan fingerprint density at radius 2 is 1.91 bits per heavy atom.